The quantitative estimate of drug-likeness (QED) is 0.677. The van der Waals surface area contributed by atoms with Gasteiger partial charge in [0.05, 0.1) is 5.60 Å². The van der Waals surface area contributed by atoms with Crippen LogP contribution in [0.2, 0.25) is 0 Å². The van der Waals surface area contributed by atoms with E-state index >= 15 is 0 Å². The summed E-state index contributed by atoms with van der Waals surface area (Å²) in [6.45, 7) is 7.56. The molecule has 1 N–H and O–H groups in total. The summed E-state index contributed by atoms with van der Waals surface area (Å²) < 4.78 is 0. The van der Waals surface area contributed by atoms with Crippen LogP contribution in [0.3, 0.4) is 0 Å². The SMILES string of the molecule is CC1CCC(C(C)(C)O)C(=O)C1C. The highest BCUT2D eigenvalue weighted by atomic mass is 16.3. The first-order valence-electron chi connectivity index (χ1n) is 5.10. The molecule has 2 nitrogen and oxygen atoms in total. The Labute approximate surface area is 80.3 Å². The van der Waals surface area contributed by atoms with Crippen LogP contribution in [0, 0.1) is 17.8 Å². The summed E-state index contributed by atoms with van der Waals surface area (Å²) in [5.41, 5.74) is -0.842. The highest BCUT2D eigenvalue weighted by Gasteiger charge is 2.40. The number of carbonyl (C=O) groups is 1. The van der Waals surface area contributed by atoms with Crippen molar-refractivity contribution >= 4 is 5.78 Å². The lowest BCUT2D eigenvalue weighted by Crippen LogP contribution is -2.43. The molecule has 0 saturated heterocycles. The van der Waals surface area contributed by atoms with Crippen LogP contribution in [0.4, 0.5) is 0 Å². The first-order valence-corrected chi connectivity index (χ1v) is 5.10. The van der Waals surface area contributed by atoms with E-state index in [0.717, 1.165) is 12.8 Å². The first-order chi connectivity index (χ1) is 5.84. The van der Waals surface area contributed by atoms with E-state index in [1.807, 2.05) is 6.92 Å². The third-order valence-corrected chi connectivity index (χ3v) is 3.41. The number of rotatable bonds is 1. The fourth-order valence-corrected chi connectivity index (χ4v) is 2.12. The van der Waals surface area contributed by atoms with E-state index in [1.165, 1.54) is 0 Å². The van der Waals surface area contributed by atoms with Crippen LogP contribution in [0.15, 0.2) is 0 Å². The van der Waals surface area contributed by atoms with Gasteiger partial charge < -0.3 is 5.11 Å². The minimum atomic E-state index is -0.842. The lowest BCUT2D eigenvalue weighted by atomic mass is 9.69. The van der Waals surface area contributed by atoms with Gasteiger partial charge in [0.15, 0.2) is 0 Å². The smallest absolute Gasteiger partial charge is 0.141 e. The highest BCUT2D eigenvalue weighted by molar-refractivity contribution is 5.85. The van der Waals surface area contributed by atoms with E-state index in [0.29, 0.717) is 5.92 Å². The van der Waals surface area contributed by atoms with Gasteiger partial charge in [0.2, 0.25) is 0 Å². The minimum Gasteiger partial charge on any atom is -0.390 e. The lowest BCUT2D eigenvalue weighted by molar-refractivity contribution is -0.139. The molecular formula is C11H20O2. The third-order valence-electron chi connectivity index (χ3n) is 3.41. The summed E-state index contributed by atoms with van der Waals surface area (Å²) in [5.74, 6) is 0.682. The van der Waals surface area contributed by atoms with Crippen LogP contribution in [0.5, 0.6) is 0 Å². The number of hydrogen-bond donors (Lipinski definition) is 1. The summed E-state index contributed by atoms with van der Waals surface area (Å²) in [5, 5.41) is 9.80. The number of ketones is 1. The lowest BCUT2D eigenvalue weighted by Gasteiger charge is -2.37. The first kappa shape index (κ1) is 10.7. The second-order valence-electron chi connectivity index (χ2n) is 4.95. The molecule has 3 unspecified atom stereocenters. The predicted octanol–water partition coefficient (Wildman–Crippen LogP) is 2.01. The Morgan fingerprint density at radius 1 is 1.31 bits per heavy atom. The Hall–Kier alpha value is -0.370. The van der Waals surface area contributed by atoms with Crippen molar-refractivity contribution in [3.63, 3.8) is 0 Å². The maximum absolute atomic E-state index is 11.8. The van der Waals surface area contributed by atoms with Crippen LogP contribution in [-0.4, -0.2) is 16.5 Å². The molecule has 1 rings (SSSR count). The molecule has 0 aromatic rings. The Bertz CT molecular complexity index is 203. The van der Waals surface area contributed by atoms with E-state index in [4.69, 9.17) is 0 Å². The molecule has 0 heterocycles. The molecule has 13 heavy (non-hydrogen) atoms. The Morgan fingerprint density at radius 3 is 2.31 bits per heavy atom. The van der Waals surface area contributed by atoms with E-state index in [9.17, 15) is 9.90 Å². The molecule has 76 valence electrons. The summed E-state index contributed by atoms with van der Waals surface area (Å²) in [6, 6.07) is 0. The molecule has 0 amide bonds. The van der Waals surface area contributed by atoms with Gasteiger partial charge in [-0.05, 0) is 32.6 Å². The average molecular weight is 184 g/mol. The van der Waals surface area contributed by atoms with Gasteiger partial charge in [0.1, 0.15) is 5.78 Å². The molecule has 0 aromatic carbocycles. The Balaban J connectivity index is 2.76. The summed E-state index contributed by atoms with van der Waals surface area (Å²) in [6.07, 6.45) is 1.90. The Morgan fingerprint density at radius 2 is 1.85 bits per heavy atom. The van der Waals surface area contributed by atoms with Crippen molar-refractivity contribution in [2.45, 2.75) is 46.1 Å². The standard InChI is InChI=1S/C11H20O2/c1-7-5-6-9(11(3,4)13)10(12)8(7)2/h7-9,13H,5-6H2,1-4H3. The monoisotopic (exact) mass is 184 g/mol. The van der Waals surface area contributed by atoms with Gasteiger partial charge in [0, 0.05) is 11.8 Å². The molecule has 0 radical (unpaired) electrons. The van der Waals surface area contributed by atoms with Crippen LogP contribution in [0.1, 0.15) is 40.5 Å². The van der Waals surface area contributed by atoms with Gasteiger partial charge in [-0.3, -0.25) is 4.79 Å². The van der Waals surface area contributed by atoms with Crippen molar-refractivity contribution in [2.75, 3.05) is 0 Å². The van der Waals surface area contributed by atoms with Crippen LogP contribution >= 0.6 is 0 Å². The zero-order valence-electron chi connectivity index (χ0n) is 9.00. The average Bonchev–Trinajstić information content (AvgIpc) is 1.98. The van der Waals surface area contributed by atoms with Gasteiger partial charge in [-0.25, -0.2) is 0 Å². The van der Waals surface area contributed by atoms with Gasteiger partial charge in [-0.1, -0.05) is 13.8 Å². The minimum absolute atomic E-state index is 0.116. The summed E-state index contributed by atoms with van der Waals surface area (Å²) in [4.78, 5) is 11.8. The number of carbonyl (C=O) groups excluding carboxylic acids is 1. The van der Waals surface area contributed by atoms with Crippen LogP contribution in [0.25, 0.3) is 0 Å². The van der Waals surface area contributed by atoms with Crippen molar-refractivity contribution < 1.29 is 9.90 Å². The third kappa shape index (κ3) is 2.11. The molecule has 0 aliphatic heterocycles. The fraction of sp³-hybridized carbons (Fsp3) is 0.909. The van der Waals surface area contributed by atoms with Crippen molar-refractivity contribution in [1.82, 2.24) is 0 Å². The van der Waals surface area contributed by atoms with E-state index in [-0.39, 0.29) is 17.6 Å². The zero-order chi connectivity index (χ0) is 10.2. The van der Waals surface area contributed by atoms with Crippen molar-refractivity contribution in [3.05, 3.63) is 0 Å². The molecule has 1 aliphatic rings. The molecule has 1 fully saturated rings. The summed E-state index contributed by atoms with van der Waals surface area (Å²) >= 11 is 0. The molecule has 1 saturated carbocycles. The second-order valence-corrected chi connectivity index (χ2v) is 4.95. The predicted molar refractivity (Wildman–Crippen MR) is 52.4 cm³/mol. The topological polar surface area (TPSA) is 37.3 Å². The van der Waals surface area contributed by atoms with Crippen LogP contribution in [-0.2, 0) is 4.79 Å². The van der Waals surface area contributed by atoms with Crippen molar-refractivity contribution in [1.29, 1.82) is 0 Å². The number of aliphatic hydroxyl groups is 1. The molecule has 1 aliphatic carbocycles. The van der Waals surface area contributed by atoms with E-state index < -0.39 is 5.60 Å². The molecule has 0 spiro atoms. The van der Waals surface area contributed by atoms with Crippen molar-refractivity contribution in [2.24, 2.45) is 17.8 Å². The van der Waals surface area contributed by atoms with E-state index in [2.05, 4.69) is 6.92 Å². The highest BCUT2D eigenvalue weighted by Crippen LogP contribution is 2.35. The largest absolute Gasteiger partial charge is 0.390 e. The maximum atomic E-state index is 11.8. The van der Waals surface area contributed by atoms with Crippen molar-refractivity contribution in [3.8, 4) is 0 Å². The maximum Gasteiger partial charge on any atom is 0.141 e. The van der Waals surface area contributed by atoms with E-state index in [1.54, 1.807) is 13.8 Å². The zero-order valence-corrected chi connectivity index (χ0v) is 9.00. The number of hydrogen-bond acceptors (Lipinski definition) is 2. The molecule has 2 heteroatoms. The van der Waals surface area contributed by atoms with Gasteiger partial charge in [-0.15, -0.1) is 0 Å². The van der Waals surface area contributed by atoms with Crippen LogP contribution < -0.4 is 0 Å². The second kappa shape index (κ2) is 3.41. The van der Waals surface area contributed by atoms with Gasteiger partial charge >= 0.3 is 0 Å². The van der Waals surface area contributed by atoms with Gasteiger partial charge in [-0.2, -0.15) is 0 Å². The molecule has 3 atom stereocenters. The molecule has 0 aromatic heterocycles. The molecule has 0 bridgehead atoms. The summed E-state index contributed by atoms with van der Waals surface area (Å²) in [7, 11) is 0. The fourth-order valence-electron chi connectivity index (χ4n) is 2.12. The van der Waals surface area contributed by atoms with Gasteiger partial charge in [0.25, 0.3) is 0 Å². The normalized spacial score (nSPS) is 36.4. The Kier molecular flexibility index (Phi) is 2.81. The molecular weight excluding hydrogens is 164 g/mol. The number of Topliss-reactive ketones (excluding diaryl/α,β-unsaturated/α-hetero) is 1.